The Kier molecular flexibility index (Phi) is 6.37. The van der Waals surface area contributed by atoms with Gasteiger partial charge in [0.1, 0.15) is 5.69 Å². The molecule has 0 saturated carbocycles. The highest BCUT2D eigenvalue weighted by atomic mass is 16.7. The van der Waals surface area contributed by atoms with Crippen LogP contribution in [0.2, 0.25) is 0 Å². The van der Waals surface area contributed by atoms with Crippen molar-refractivity contribution in [3.05, 3.63) is 53.7 Å². The maximum Gasteiger partial charge on any atom is 0.356 e. The summed E-state index contributed by atoms with van der Waals surface area (Å²) in [7, 11) is 0. The molecule has 34 heavy (non-hydrogen) atoms. The van der Waals surface area contributed by atoms with Crippen molar-refractivity contribution in [1.29, 1.82) is 0 Å². The lowest BCUT2D eigenvalue weighted by Crippen LogP contribution is -2.48. The van der Waals surface area contributed by atoms with E-state index in [0.717, 1.165) is 32.7 Å². The van der Waals surface area contributed by atoms with Gasteiger partial charge in [0.05, 0.1) is 24.4 Å². The van der Waals surface area contributed by atoms with Gasteiger partial charge in [-0.1, -0.05) is 30.3 Å². The van der Waals surface area contributed by atoms with E-state index in [1.165, 1.54) is 5.56 Å². The zero-order valence-corrected chi connectivity index (χ0v) is 19.1. The summed E-state index contributed by atoms with van der Waals surface area (Å²) >= 11 is 0. The molecule has 2 N–H and O–H groups in total. The van der Waals surface area contributed by atoms with Gasteiger partial charge in [-0.2, -0.15) is 0 Å². The molecule has 0 bridgehead atoms. The first-order chi connectivity index (χ1) is 16.6. The van der Waals surface area contributed by atoms with Crippen LogP contribution in [-0.2, 0) is 16.1 Å². The predicted molar refractivity (Wildman–Crippen MR) is 127 cm³/mol. The van der Waals surface area contributed by atoms with Crippen LogP contribution in [0.3, 0.4) is 0 Å². The van der Waals surface area contributed by atoms with Crippen molar-refractivity contribution < 1.29 is 23.8 Å². The summed E-state index contributed by atoms with van der Waals surface area (Å²) < 4.78 is 16.1. The lowest BCUT2D eigenvalue weighted by molar-refractivity contribution is -0.117. The Labute approximate surface area is 197 Å². The van der Waals surface area contributed by atoms with Crippen LogP contribution in [-0.4, -0.2) is 72.8 Å². The van der Waals surface area contributed by atoms with Gasteiger partial charge < -0.3 is 24.5 Å². The average molecular weight is 465 g/mol. The van der Waals surface area contributed by atoms with Crippen molar-refractivity contribution in [2.24, 2.45) is 0 Å². The van der Waals surface area contributed by atoms with Crippen LogP contribution in [0.15, 0.2) is 42.5 Å². The Balaban J connectivity index is 1.26. The number of carbonyl (C=O) groups is 2. The van der Waals surface area contributed by atoms with Gasteiger partial charge in [0.25, 0.3) is 0 Å². The summed E-state index contributed by atoms with van der Waals surface area (Å²) in [6.45, 7) is 6.68. The van der Waals surface area contributed by atoms with E-state index in [1.54, 1.807) is 19.1 Å². The molecular weight excluding hydrogens is 436 g/mol. The van der Waals surface area contributed by atoms with Crippen molar-refractivity contribution in [3.8, 4) is 11.5 Å². The molecule has 2 aromatic carbocycles. The number of benzene rings is 2. The number of nitrogens with zero attached hydrogens (tertiary/aromatic N) is 2. The number of H-pyrrole nitrogens is 1. The van der Waals surface area contributed by atoms with Gasteiger partial charge in [-0.25, -0.2) is 4.79 Å². The van der Waals surface area contributed by atoms with Crippen LogP contribution in [0.5, 0.6) is 11.5 Å². The Morgan fingerprint density at radius 1 is 1.03 bits per heavy atom. The van der Waals surface area contributed by atoms with Gasteiger partial charge in [0.15, 0.2) is 11.5 Å². The molecule has 0 unspecified atom stereocenters. The van der Waals surface area contributed by atoms with Crippen LogP contribution in [0, 0.1) is 0 Å². The summed E-state index contributed by atoms with van der Waals surface area (Å²) in [6.07, 6.45) is 0. The SMILES string of the molecule is CCOC(=O)c1[nH]c2cc3c(cc2c1NC(=O)CN1CCN(Cc2ccccc2)CC1)OCO3. The molecule has 1 amide bonds. The van der Waals surface area contributed by atoms with E-state index in [-0.39, 0.29) is 31.5 Å². The molecule has 1 aromatic heterocycles. The molecule has 3 aromatic rings. The van der Waals surface area contributed by atoms with Crippen LogP contribution in [0.1, 0.15) is 23.0 Å². The third-order valence-corrected chi connectivity index (χ3v) is 6.12. The number of nitrogens with one attached hydrogen (secondary N) is 2. The molecule has 178 valence electrons. The first-order valence-electron chi connectivity index (χ1n) is 11.5. The molecule has 9 nitrogen and oxygen atoms in total. The third kappa shape index (κ3) is 4.71. The van der Waals surface area contributed by atoms with Crippen molar-refractivity contribution in [2.75, 3.05) is 51.4 Å². The third-order valence-electron chi connectivity index (χ3n) is 6.12. The molecule has 1 saturated heterocycles. The summed E-state index contributed by atoms with van der Waals surface area (Å²) in [5.41, 5.74) is 2.57. The molecule has 0 atom stereocenters. The lowest BCUT2D eigenvalue weighted by atomic mass is 10.2. The van der Waals surface area contributed by atoms with E-state index >= 15 is 0 Å². The number of ether oxygens (including phenoxy) is 3. The van der Waals surface area contributed by atoms with E-state index in [2.05, 4.69) is 44.4 Å². The maximum atomic E-state index is 13.0. The van der Waals surface area contributed by atoms with Crippen LogP contribution < -0.4 is 14.8 Å². The van der Waals surface area contributed by atoms with E-state index in [0.29, 0.717) is 28.1 Å². The van der Waals surface area contributed by atoms with Crippen LogP contribution >= 0.6 is 0 Å². The molecule has 5 rings (SSSR count). The number of rotatable bonds is 7. The van der Waals surface area contributed by atoms with Crippen molar-refractivity contribution >= 4 is 28.5 Å². The summed E-state index contributed by atoms with van der Waals surface area (Å²) in [4.78, 5) is 33.1. The standard InChI is InChI=1S/C25H28N4O5/c1-2-32-25(31)24-23(18-12-20-21(34-16-33-20)13-19(18)26-24)27-22(30)15-29-10-8-28(9-11-29)14-17-6-4-3-5-7-17/h3-7,12-13,26H,2,8-11,14-16H2,1H3,(H,27,30). The minimum absolute atomic E-state index is 0.143. The molecule has 1 fully saturated rings. The highest BCUT2D eigenvalue weighted by Gasteiger charge is 2.25. The van der Waals surface area contributed by atoms with Crippen LogP contribution in [0.25, 0.3) is 10.9 Å². The topological polar surface area (TPSA) is 96.1 Å². The molecule has 0 radical (unpaired) electrons. The summed E-state index contributed by atoms with van der Waals surface area (Å²) in [5, 5.41) is 3.61. The van der Waals surface area contributed by atoms with E-state index in [4.69, 9.17) is 14.2 Å². The molecule has 0 spiro atoms. The number of fused-ring (bicyclic) bond motifs is 2. The number of aromatic nitrogens is 1. The normalized spacial score (nSPS) is 16.0. The zero-order valence-electron chi connectivity index (χ0n) is 19.1. The molecule has 2 aliphatic rings. The molecule has 9 heteroatoms. The monoisotopic (exact) mass is 464 g/mol. The zero-order chi connectivity index (χ0) is 23.5. The Hall–Kier alpha value is -3.56. The van der Waals surface area contributed by atoms with E-state index < -0.39 is 5.97 Å². The van der Waals surface area contributed by atoms with E-state index in [1.807, 2.05) is 6.07 Å². The van der Waals surface area contributed by atoms with Gasteiger partial charge >= 0.3 is 5.97 Å². The molecular formula is C25H28N4O5. The smallest absolute Gasteiger partial charge is 0.356 e. The minimum atomic E-state index is -0.523. The number of esters is 1. The van der Waals surface area contributed by atoms with E-state index in [9.17, 15) is 9.59 Å². The fourth-order valence-corrected chi connectivity index (χ4v) is 4.40. The van der Waals surface area contributed by atoms with Crippen molar-refractivity contribution in [1.82, 2.24) is 14.8 Å². The van der Waals surface area contributed by atoms with Gasteiger partial charge in [-0.15, -0.1) is 0 Å². The lowest BCUT2D eigenvalue weighted by Gasteiger charge is -2.34. The Morgan fingerprint density at radius 3 is 2.47 bits per heavy atom. The van der Waals surface area contributed by atoms with Crippen molar-refractivity contribution in [2.45, 2.75) is 13.5 Å². The van der Waals surface area contributed by atoms with Gasteiger partial charge in [-0.3, -0.25) is 14.6 Å². The number of amides is 1. The Morgan fingerprint density at radius 2 is 1.74 bits per heavy atom. The minimum Gasteiger partial charge on any atom is -0.461 e. The van der Waals surface area contributed by atoms with Crippen molar-refractivity contribution in [3.63, 3.8) is 0 Å². The second-order valence-corrected chi connectivity index (χ2v) is 8.43. The molecule has 2 aliphatic heterocycles. The fourth-order valence-electron chi connectivity index (χ4n) is 4.40. The predicted octanol–water partition coefficient (Wildman–Crippen LogP) is 2.83. The second-order valence-electron chi connectivity index (χ2n) is 8.43. The highest BCUT2D eigenvalue weighted by Crippen LogP contribution is 2.40. The number of hydrogen-bond donors (Lipinski definition) is 2. The average Bonchev–Trinajstić information content (AvgIpc) is 3.44. The number of aromatic amines is 1. The first kappa shape index (κ1) is 22.2. The number of hydrogen-bond acceptors (Lipinski definition) is 7. The number of anilines is 1. The second kappa shape index (κ2) is 9.74. The fraction of sp³-hybridized carbons (Fsp3) is 0.360. The van der Waals surface area contributed by atoms with Gasteiger partial charge in [0.2, 0.25) is 12.7 Å². The quantitative estimate of drug-likeness (QED) is 0.519. The largest absolute Gasteiger partial charge is 0.461 e. The highest BCUT2D eigenvalue weighted by molar-refractivity contribution is 6.11. The Bertz CT molecular complexity index is 1180. The van der Waals surface area contributed by atoms with Gasteiger partial charge in [-0.05, 0) is 18.6 Å². The first-order valence-corrected chi connectivity index (χ1v) is 11.5. The maximum absolute atomic E-state index is 13.0. The van der Waals surface area contributed by atoms with Gasteiger partial charge in [0, 0.05) is 44.2 Å². The summed E-state index contributed by atoms with van der Waals surface area (Å²) in [5.74, 6) is 0.466. The molecule has 3 heterocycles. The summed E-state index contributed by atoms with van der Waals surface area (Å²) in [6, 6.07) is 13.9. The number of piperazine rings is 1. The molecule has 0 aliphatic carbocycles. The number of carbonyl (C=O) groups excluding carboxylic acids is 2. The van der Waals surface area contributed by atoms with Crippen LogP contribution in [0.4, 0.5) is 5.69 Å².